The maximum Gasteiger partial charge on any atom is 0.407 e. The molecule has 11 nitrogen and oxygen atoms in total. The van der Waals surface area contributed by atoms with Crippen molar-refractivity contribution in [3.63, 3.8) is 0 Å². The van der Waals surface area contributed by atoms with Crippen molar-refractivity contribution < 1.29 is 24.3 Å². The molecule has 0 bridgehead atoms. The summed E-state index contributed by atoms with van der Waals surface area (Å²) in [7, 11) is 1.77. The van der Waals surface area contributed by atoms with E-state index in [1.807, 2.05) is 45.0 Å². The number of anilines is 1. The van der Waals surface area contributed by atoms with E-state index in [0.29, 0.717) is 55.6 Å². The van der Waals surface area contributed by atoms with Gasteiger partial charge in [0.15, 0.2) is 5.82 Å². The fourth-order valence-electron chi connectivity index (χ4n) is 4.47. The van der Waals surface area contributed by atoms with Crippen molar-refractivity contribution in [1.29, 1.82) is 0 Å². The topological polar surface area (TPSA) is 146 Å². The van der Waals surface area contributed by atoms with Crippen molar-refractivity contribution in [2.75, 3.05) is 38.6 Å². The molecule has 1 atom stereocenters. The standard InChI is InChI=1S/C26H34N6O5/c1-15-23(22-16(2)31-37-17(22)3)29-25(18-6-5-7-21(12-18)36-14-20(33)13-27-4)30-24(15)28-19-8-10-32(11-9-19)26(34)35/h5-7,12,19-20,27,33H,8-11,13-14H2,1-4H3,(H,34,35)(H,28,29,30). The van der Waals surface area contributed by atoms with E-state index >= 15 is 0 Å². The summed E-state index contributed by atoms with van der Waals surface area (Å²) in [5, 5.41) is 29.8. The van der Waals surface area contributed by atoms with E-state index in [-0.39, 0.29) is 12.6 Å². The van der Waals surface area contributed by atoms with Crippen LogP contribution in [-0.2, 0) is 0 Å². The minimum atomic E-state index is -0.889. The zero-order valence-corrected chi connectivity index (χ0v) is 21.6. The van der Waals surface area contributed by atoms with Gasteiger partial charge in [0.1, 0.15) is 30.0 Å². The highest BCUT2D eigenvalue weighted by Gasteiger charge is 2.25. The maximum absolute atomic E-state index is 11.3. The van der Waals surface area contributed by atoms with Gasteiger partial charge in [-0.1, -0.05) is 17.3 Å². The average molecular weight is 511 g/mol. The van der Waals surface area contributed by atoms with E-state index in [1.54, 1.807) is 7.05 Å². The number of likely N-dealkylation sites (tertiary alicyclic amines) is 1. The van der Waals surface area contributed by atoms with E-state index in [0.717, 1.165) is 28.1 Å². The number of nitrogens with zero attached hydrogens (tertiary/aromatic N) is 4. The number of benzene rings is 1. The van der Waals surface area contributed by atoms with E-state index in [4.69, 9.17) is 19.2 Å². The summed E-state index contributed by atoms with van der Waals surface area (Å²) in [6.45, 7) is 7.23. The first kappa shape index (κ1) is 26.4. The van der Waals surface area contributed by atoms with Crippen LogP contribution in [0.1, 0.15) is 29.9 Å². The zero-order chi connectivity index (χ0) is 26.5. The van der Waals surface area contributed by atoms with Gasteiger partial charge in [0.25, 0.3) is 0 Å². The number of hydrogen-bond donors (Lipinski definition) is 4. The van der Waals surface area contributed by atoms with Gasteiger partial charge in [0.2, 0.25) is 0 Å². The van der Waals surface area contributed by atoms with Gasteiger partial charge in [0.05, 0.1) is 17.0 Å². The van der Waals surface area contributed by atoms with Crippen LogP contribution < -0.4 is 15.4 Å². The molecule has 3 aromatic rings. The summed E-state index contributed by atoms with van der Waals surface area (Å²) in [6, 6.07) is 7.53. The summed E-state index contributed by atoms with van der Waals surface area (Å²) in [6.07, 6.45) is -0.146. The fourth-order valence-corrected chi connectivity index (χ4v) is 4.47. The molecule has 4 N–H and O–H groups in total. The van der Waals surface area contributed by atoms with Crippen LogP contribution in [0.3, 0.4) is 0 Å². The van der Waals surface area contributed by atoms with E-state index in [2.05, 4.69) is 15.8 Å². The lowest BCUT2D eigenvalue weighted by Crippen LogP contribution is -2.41. The highest BCUT2D eigenvalue weighted by molar-refractivity contribution is 5.74. The van der Waals surface area contributed by atoms with Crippen molar-refractivity contribution in [3.8, 4) is 28.4 Å². The summed E-state index contributed by atoms with van der Waals surface area (Å²) >= 11 is 0. The molecule has 4 rings (SSSR count). The van der Waals surface area contributed by atoms with Gasteiger partial charge in [-0.3, -0.25) is 0 Å². The van der Waals surface area contributed by atoms with Crippen molar-refractivity contribution in [3.05, 3.63) is 41.3 Å². The summed E-state index contributed by atoms with van der Waals surface area (Å²) < 4.78 is 11.2. The predicted molar refractivity (Wildman–Crippen MR) is 139 cm³/mol. The van der Waals surface area contributed by atoms with E-state index in [9.17, 15) is 15.0 Å². The number of rotatable bonds is 9. The monoisotopic (exact) mass is 510 g/mol. The van der Waals surface area contributed by atoms with Gasteiger partial charge in [0, 0.05) is 36.8 Å². The molecule has 37 heavy (non-hydrogen) atoms. The smallest absolute Gasteiger partial charge is 0.407 e. The Morgan fingerprint density at radius 2 is 2.00 bits per heavy atom. The predicted octanol–water partition coefficient (Wildman–Crippen LogP) is 3.24. The SMILES string of the molecule is CNCC(O)COc1cccc(-c2nc(NC3CCN(C(=O)O)CC3)c(C)c(-c3c(C)noc3C)n2)c1. The highest BCUT2D eigenvalue weighted by atomic mass is 16.5. The Hall–Kier alpha value is -3.70. The third-order valence-corrected chi connectivity index (χ3v) is 6.50. The number of carboxylic acid groups (broad SMARTS) is 1. The van der Waals surface area contributed by atoms with Gasteiger partial charge in [-0.15, -0.1) is 0 Å². The average Bonchev–Trinajstić information content (AvgIpc) is 3.22. The molecule has 1 aliphatic heterocycles. The molecule has 0 saturated carbocycles. The second-order valence-corrected chi connectivity index (χ2v) is 9.31. The van der Waals surface area contributed by atoms with E-state index in [1.165, 1.54) is 4.90 Å². The van der Waals surface area contributed by atoms with Gasteiger partial charge in [-0.25, -0.2) is 14.8 Å². The number of amides is 1. The van der Waals surface area contributed by atoms with Gasteiger partial charge in [-0.2, -0.15) is 0 Å². The van der Waals surface area contributed by atoms with Crippen LogP contribution in [0.2, 0.25) is 0 Å². The normalized spacial score (nSPS) is 15.0. The molecule has 11 heteroatoms. The first-order valence-electron chi connectivity index (χ1n) is 12.4. The molecule has 1 aromatic carbocycles. The van der Waals surface area contributed by atoms with Crippen LogP contribution in [0.25, 0.3) is 22.6 Å². The Labute approximate surface area is 215 Å². The Kier molecular flexibility index (Phi) is 8.24. The molecular weight excluding hydrogens is 476 g/mol. The number of ether oxygens (including phenoxy) is 1. The number of aliphatic hydroxyl groups excluding tert-OH is 1. The molecule has 0 radical (unpaired) electrons. The van der Waals surface area contributed by atoms with E-state index < -0.39 is 12.2 Å². The molecule has 1 fully saturated rings. The maximum atomic E-state index is 11.3. The van der Waals surface area contributed by atoms with Crippen molar-refractivity contribution in [2.24, 2.45) is 0 Å². The Morgan fingerprint density at radius 1 is 1.24 bits per heavy atom. The Bertz CT molecular complexity index is 1220. The number of aryl methyl sites for hydroxylation is 2. The van der Waals surface area contributed by atoms with Crippen LogP contribution in [0, 0.1) is 20.8 Å². The third kappa shape index (κ3) is 6.17. The first-order chi connectivity index (χ1) is 17.8. The Morgan fingerprint density at radius 3 is 2.65 bits per heavy atom. The van der Waals surface area contributed by atoms with Crippen LogP contribution in [0.5, 0.6) is 5.75 Å². The van der Waals surface area contributed by atoms with Crippen LogP contribution >= 0.6 is 0 Å². The molecule has 0 aliphatic carbocycles. The minimum absolute atomic E-state index is 0.0814. The number of carbonyl (C=O) groups is 1. The van der Waals surface area contributed by atoms with Crippen molar-refractivity contribution >= 4 is 11.9 Å². The lowest BCUT2D eigenvalue weighted by molar-refractivity contribution is 0.108. The lowest BCUT2D eigenvalue weighted by atomic mass is 10.0. The van der Waals surface area contributed by atoms with Crippen molar-refractivity contribution in [1.82, 2.24) is 25.3 Å². The largest absolute Gasteiger partial charge is 0.491 e. The van der Waals surface area contributed by atoms with Gasteiger partial charge in [-0.05, 0) is 52.8 Å². The zero-order valence-electron chi connectivity index (χ0n) is 21.6. The third-order valence-electron chi connectivity index (χ3n) is 6.50. The second-order valence-electron chi connectivity index (χ2n) is 9.31. The van der Waals surface area contributed by atoms with Crippen LogP contribution in [0.4, 0.5) is 10.6 Å². The van der Waals surface area contributed by atoms with Crippen LogP contribution in [-0.4, -0.2) is 81.8 Å². The first-order valence-corrected chi connectivity index (χ1v) is 12.4. The summed E-state index contributed by atoms with van der Waals surface area (Å²) in [5.74, 6) is 2.46. The van der Waals surface area contributed by atoms with Gasteiger partial charge < -0.3 is 35.0 Å². The number of aromatic nitrogens is 3. The molecule has 198 valence electrons. The molecule has 2 aromatic heterocycles. The summed E-state index contributed by atoms with van der Waals surface area (Å²) in [5.41, 5.74) is 3.91. The second kappa shape index (κ2) is 11.6. The molecule has 0 spiro atoms. The molecule has 3 heterocycles. The van der Waals surface area contributed by atoms with Crippen LogP contribution in [0.15, 0.2) is 28.8 Å². The molecule has 1 aliphatic rings. The number of piperidine rings is 1. The number of hydrogen-bond acceptors (Lipinski definition) is 9. The van der Waals surface area contributed by atoms with Gasteiger partial charge >= 0.3 is 6.09 Å². The number of aliphatic hydroxyl groups is 1. The molecule has 1 unspecified atom stereocenters. The van der Waals surface area contributed by atoms with Crippen molar-refractivity contribution in [2.45, 2.75) is 45.8 Å². The molecular formula is C26H34N6O5. The fraction of sp³-hybridized carbons (Fsp3) is 0.462. The summed E-state index contributed by atoms with van der Waals surface area (Å²) in [4.78, 5) is 22.5. The quantitative estimate of drug-likeness (QED) is 0.338. The molecule has 1 saturated heterocycles. The molecule has 1 amide bonds. The lowest BCUT2D eigenvalue weighted by Gasteiger charge is -2.31. The Balaban J connectivity index is 1.67. The highest BCUT2D eigenvalue weighted by Crippen LogP contribution is 2.34. The number of nitrogens with one attached hydrogen (secondary N) is 2. The minimum Gasteiger partial charge on any atom is -0.491 e. The number of likely N-dealkylation sites (N-methyl/N-ethyl adjacent to an activating group) is 1.